The molecule has 24 heavy (non-hydrogen) atoms. The molecule has 1 aromatic heterocycles. The van der Waals surface area contributed by atoms with Gasteiger partial charge in [0.25, 0.3) is 5.91 Å². The van der Waals surface area contributed by atoms with E-state index in [1.165, 1.54) is 0 Å². The monoisotopic (exact) mass is 327 g/mol. The number of methoxy groups -OCH3 is 1. The molecule has 0 saturated heterocycles. The number of pyridine rings is 1. The summed E-state index contributed by atoms with van der Waals surface area (Å²) in [5.41, 5.74) is 2.48. The first-order valence-corrected chi connectivity index (χ1v) is 8.34. The second-order valence-corrected chi connectivity index (χ2v) is 5.53. The lowest BCUT2D eigenvalue weighted by Crippen LogP contribution is -2.25. The van der Waals surface area contributed by atoms with E-state index in [1.807, 2.05) is 24.3 Å². The minimum Gasteiger partial charge on any atom is -0.496 e. The zero-order chi connectivity index (χ0) is 17.2. The van der Waals surface area contributed by atoms with E-state index >= 15 is 0 Å². The third-order valence-electron chi connectivity index (χ3n) is 3.72. The van der Waals surface area contributed by atoms with Gasteiger partial charge < -0.3 is 15.4 Å². The van der Waals surface area contributed by atoms with Gasteiger partial charge in [-0.2, -0.15) is 0 Å². The number of nitrogens with zero attached hydrogens (tertiary/aromatic N) is 1. The van der Waals surface area contributed by atoms with Crippen molar-refractivity contribution < 1.29 is 9.53 Å². The molecule has 128 valence electrons. The smallest absolute Gasteiger partial charge is 0.269 e. The Hall–Kier alpha value is -2.56. The number of carbonyl (C=O) groups excluding carboxylic acids is 1. The summed E-state index contributed by atoms with van der Waals surface area (Å²) >= 11 is 0. The summed E-state index contributed by atoms with van der Waals surface area (Å²) in [6.07, 6.45) is 4.52. The topological polar surface area (TPSA) is 63.2 Å². The van der Waals surface area contributed by atoms with Crippen LogP contribution >= 0.6 is 0 Å². The molecular formula is C19H25N3O2. The van der Waals surface area contributed by atoms with E-state index in [1.54, 1.807) is 19.4 Å². The van der Waals surface area contributed by atoms with Gasteiger partial charge in [0.05, 0.1) is 7.11 Å². The standard InChI is InChI=1S/C19H25N3O2/c1-3-4-11-22-19(23)17-14-16(10-13-21-17)20-12-9-15-7-5-6-8-18(15)24-2/h5-8,10,13-14H,3-4,9,11-12H2,1-2H3,(H,20,21)(H,22,23). The largest absolute Gasteiger partial charge is 0.496 e. The molecule has 0 fully saturated rings. The van der Waals surface area contributed by atoms with Gasteiger partial charge >= 0.3 is 0 Å². The normalized spacial score (nSPS) is 10.2. The maximum Gasteiger partial charge on any atom is 0.269 e. The van der Waals surface area contributed by atoms with Crippen molar-refractivity contribution in [2.45, 2.75) is 26.2 Å². The number of nitrogens with one attached hydrogen (secondary N) is 2. The van der Waals surface area contributed by atoms with E-state index in [0.717, 1.165) is 42.8 Å². The van der Waals surface area contributed by atoms with Crippen molar-refractivity contribution in [1.29, 1.82) is 0 Å². The van der Waals surface area contributed by atoms with Crippen molar-refractivity contribution in [3.05, 3.63) is 53.9 Å². The first-order chi connectivity index (χ1) is 11.7. The molecule has 2 aromatic rings. The van der Waals surface area contributed by atoms with Crippen LogP contribution in [0.15, 0.2) is 42.6 Å². The Kier molecular flexibility index (Phi) is 7.08. The van der Waals surface area contributed by atoms with Crippen molar-refractivity contribution in [3.8, 4) is 5.75 Å². The predicted molar refractivity (Wildman–Crippen MR) is 96.7 cm³/mol. The van der Waals surface area contributed by atoms with Crippen LogP contribution < -0.4 is 15.4 Å². The van der Waals surface area contributed by atoms with Crippen LogP contribution in [-0.4, -0.2) is 31.1 Å². The number of hydrogen-bond acceptors (Lipinski definition) is 4. The minimum atomic E-state index is -0.128. The lowest BCUT2D eigenvalue weighted by Gasteiger charge is -2.10. The van der Waals surface area contributed by atoms with E-state index < -0.39 is 0 Å². The van der Waals surface area contributed by atoms with Crippen LogP contribution in [0.5, 0.6) is 5.75 Å². The predicted octanol–water partition coefficient (Wildman–Crippen LogP) is 3.27. The molecule has 0 saturated carbocycles. The number of hydrogen-bond donors (Lipinski definition) is 2. The second kappa shape index (κ2) is 9.55. The van der Waals surface area contributed by atoms with Crippen LogP contribution in [0.25, 0.3) is 0 Å². The van der Waals surface area contributed by atoms with Gasteiger partial charge in [0, 0.05) is 25.0 Å². The summed E-state index contributed by atoms with van der Waals surface area (Å²) in [4.78, 5) is 16.2. The maximum atomic E-state index is 12.0. The van der Waals surface area contributed by atoms with Crippen LogP contribution in [0.2, 0.25) is 0 Å². The third-order valence-corrected chi connectivity index (χ3v) is 3.72. The molecule has 0 bridgehead atoms. The van der Waals surface area contributed by atoms with Crippen molar-refractivity contribution in [1.82, 2.24) is 10.3 Å². The van der Waals surface area contributed by atoms with E-state index in [2.05, 4.69) is 28.6 Å². The van der Waals surface area contributed by atoms with Gasteiger partial charge in [-0.3, -0.25) is 9.78 Å². The van der Waals surface area contributed by atoms with Crippen LogP contribution in [0.1, 0.15) is 35.8 Å². The number of aromatic nitrogens is 1. The SMILES string of the molecule is CCCCNC(=O)c1cc(NCCc2ccccc2OC)ccn1. The lowest BCUT2D eigenvalue weighted by molar-refractivity contribution is 0.0948. The molecule has 5 heteroatoms. The summed E-state index contributed by atoms with van der Waals surface area (Å²) in [6.45, 7) is 3.53. The van der Waals surface area contributed by atoms with Gasteiger partial charge in [0.15, 0.2) is 0 Å². The van der Waals surface area contributed by atoms with Gasteiger partial charge in [-0.05, 0) is 36.6 Å². The van der Waals surface area contributed by atoms with Gasteiger partial charge in [-0.15, -0.1) is 0 Å². The molecule has 0 spiro atoms. The number of benzene rings is 1. The molecule has 0 aliphatic heterocycles. The fraction of sp³-hybridized carbons (Fsp3) is 0.368. The van der Waals surface area contributed by atoms with Crippen molar-refractivity contribution in [2.75, 3.05) is 25.5 Å². The number of carbonyl (C=O) groups is 1. The molecule has 1 heterocycles. The zero-order valence-corrected chi connectivity index (χ0v) is 14.3. The first kappa shape index (κ1) is 17.8. The molecule has 0 radical (unpaired) electrons. The summed E-state index contributed by atoms with van der Waals surface area (Å²) in [5.74, 6) is 0.766. The highest BCUT2D eigenvalue weighted by Gasteiger charge is 2.07. The van der Waals surface area contributed by atoms with Crippen LogP contribution in [0.3, 0.4) is 0 Å². The highest BCUT2D eigenvalue weighted by Crippen LogP contribution is 2.18. The fourth-order valence-corrected chi connectivity index (χ4v) is 2.38. The Labute approximate surface area is 143 Å². The lowest BCUT2D eigenvalue weighted by atomic mass is 10.1. The molecule has 1 amide bonds. The van der Waals surface area contributed by atoms with Gasteiger partial charge in [-0.25, -0.2) is 0 Å². The molecule has 1 aromatic carbocycles. The summed E-state index contributed by atoms with van der Waals surface area (Å²) < 4.78 is 5.35. The number of rotatable bonds is 9. The Morgan fingerprint density at radius 1 is 1.21 bits per heavy atom. The number of amides is 1. The second-order valence-electron chi connectivity index (χ2n) is 5.53. The highest BCUT2D eigenvalue weighted by molar-refractivity contribution is 5.93. The van der Waals surface area contributed by atoms with Crippen LogP contribution in [0.4, 0.5) is 5.69 Å². The zero-order valence-electron chi connectivity index (χ0n) is 14.3. The first-order valence-electron chi connectivity index (χ1n) is 8.34. The molecule has 2 rings (SSSR count). The number of ether oxygens (including phenoxy) is 1. The van der Waals surface area contributed by atoms with Gasteiger partial charge in [0.2, 0.25) is 0 Å². The fourth-order valence-electron chi connectivity index (χ4n) is 2.38. The van der Waals surface area contributed by atoms with Crippen molar-refractivity contribution >= 4 is 11.6 Å². The third kappa shape index (κ3) is 5.26. The molecule has 0 unspecified atom stereocenters. The average Bonchev–Trinajstić information content (AvgIpc) is 2.62. The van der Waals surface area contributed by atoms with E-state index in [9.17, 15) is 4.79 Å². The Morgan fingerprint density at radius 3 is 2.83 bits per heavy atom. The number of para-hydroxylation sites is 1. The Bertz CT molecular complexity index is 659. The van der Waals surface area contributed by atoms with E-state index in [0.29, 0.717) is 12.2 Å². The molecule has 5 nitrogen and oxygen atoms in total. The molecule has 0 atom stereocenters. The summed E-state index contributed by atoms with van der Waals surface area (Å²) in [7, 11) is 1.68. The molecule has 2 N–H and O–H groups in total. The Morgan fingerprint density at radius 2 is 2.04 bits per heavy atom. The quantitative estimate of drug-likeness (QED) is 0.694. The van der Waals surface area contributed by atoms with Crippen molar-refractivity contribution in [2.24, 2.45) is 0 Å². The summed E-state index contributed by atoms with van der Waals surface area (Å²) in [6, 6.07) is 11.6. The minimum absolute atomic E-state index is 0.128. The van der Waals surface area contributed by atoms with Gasteiger partial charge in [0.1, 0.15) is 11.4 Å². The van der Waals surface area contributed by atoms with E-state index in [4.69, 9.17) is 4.74 Å². The number of anilines is 1. The van der Waals surface area contributed by atoms with Crippen molar-refractivity contribution in [3.63, 3.8) is 0 Å². The van der Waals surface area contributed by atoms with Gasteiger partial charge in [-0.1, -0.05) is 31.5 Å². The van der Waals surface area contributed by atoms with Crippen LogP contribution in [0, 0.1) is 0 Å². The molecule has 0 aliphatic carbocycles. The number of unbranched alkanes of at least 4 members (excludes halogenated alkanes) is 1. The summed E-state index contributed by atoms with van der Waals surface area (Å²) in [5, 5.41) is 6.21. The maximum absolute atomic E-state index is 12.0. The Balaban J connectivity index is 1.89. The molecular weight excluding hydrogens is 302 g/mol. The highest BCUT2D eigenvalue weighted by atomic mass is 16.5. The van der Waals surface area contributed by atoms with E-state index in [-0.39, 0.29) is 5.91 Å². The van der Waals surface area contributed by atoms with Crippen LogP contribution in [-0.2, 0) is 6.42 Å². The molecule has 0 aliphatic rings. The average molecular weight is 327 g/mol.